The van der Waals surface area contributed by atoms with Gasteiger partial charge in [-0.2, -0.15) is 0 Å². The Hall–Kier alpha value is -2.83. The highest BCUT2D eigenvalue weighted by Crippen LogP contribution is 2.29. The van der Waals surface area contributed by atoms with Gasteiger partial charge in [-0.3, -0.25) is 0 Å². The fourth-order valence-corrected chi connectivity index (χ4v) is 4.23. The summed E-state index contributed by atoms with van der Waals surface area (Å²) in [5, 5.41) is 13.3. The normalized spacial score (nSPS) is 11.5. The number of rotatable bonds is 8. The zero-order valence-electron chi connectivity index (χ0n) is 18.8. The van der Waals surface area contributed by atoms with Gasteiger partial charge in [-0.25, -0.2) is 5.26 Å². The van der Waals surface area contributed by atoms with Crippen LogP contribution in [0.5, 0.6) is 0 Å². The van der Waals surface area contributed by atoms with Crippen molar-refractivity contribution in [2.45, 2.75) is 11.8 Å². The lowest BCUT2D eigenvalue weighted by Gasteiger charge is -2.04. The molecule has 0 spiro atoms. The summed E-state index contributed by atoms with van der Waals surface area (Å²) in [6.07, 6.45) is 8.20. The van der Waals surface area contributed by atoms with Gasteiger partial charge in [0, 0.05) is 5.02 Å². The van der Waals surface area contributed by atoms with E-state index in [0.29, 0.717) is 9.92 Å². The first kappa shape index (κ1) is 25.3. The van der Waals surface area contributed by atoms with Gasteiger partial charge in [0.25, 0.3) is 0 Å². The van der Waals surface area contributed by atoms with E-state index in [1.807, 2.05) is 43.3 Å². The van der Waals surface area contributed by atoms with Gasteiger partial charge in [0.05, 0.1) is 22.0 Å². The van der Waals surface area contributed by atoms with E-state index >= 15 is 0 Å². The predicted octanol–water partition coefficient (Wildman–Crippen LogP) is 9.74. The number of aryl methyl sites for hydroxylation is 1. The maximum atomic E-state index is 8.33. The van der Waals surface area contributed by atoms with Crippen LogP contribution in [0.2, 0.25) is 10.0 Å². The molecule has 0 atom stereocenters. The van der Waals surface area contributed by atoms with Crippen LogP contribution in [0.3, 0.4) is 0 Å². The van der Waals surface area contributed by atoms with Crippen LogP contribution in [0.1, 0.15) is 27.8 Å². The van der Waals surface area contributed by atoms with Crippen molar-refractivity contribution >= 4 is 59.5 Å². The summed E-state index contributed by atoms with van der Waals surface area (Å²) in [5.41, 5.74) is 7.66. The molecule has 0 saturated carbocycles. The zero-order chi connectivity index (χ0) is 24.6. The Morgan fingerprint density at radius 1 is 0.629 bits per heavy atom. The molecule has 35 heavy (non-hydrogen) atoms. The lowest BCUT2D eigenvalue weighted by molar-refractivity contribution is -0.432. The Kier molecular flexibility index (Phi) is 8.83. The van der Waals surface area contributed by atoms with Gasteiger partial charge < -0.3 is 0 Å². The number of hydrogen-bond acceptors (Lipinski definition) is 4. The van der Waals surface area contributed by atoms with Crippen molar-refractivity contribution < 1.29 is 14.6 Å². The highest BCUT2D eigenvalue weighted by molar-refractivity contribution is 7.94. The van der Waals surface area contributed by atoms with Crippen molar-refractivity contribution in [1.29, 1.82) is 0 Å². The third-order valence-electron chi connectivity index (χ3n) is 5.38. The quantitative estimate of drug-likeness (QED) is 0.108. The predicted molar refractivity (Wildman–Crippen MR) is 148 cm³/mol. The van der Waals surface area contributed by atoms with Crippen LogP contribution in [0.15, 0.2) is 89.8 Å². The second kappa shape index (κ2) is 12.2. The van der Waals surface area contributed by atoms with Gasteiger partial charge in [-0.05, 0) is 64.1 Å². The molecule has 0 fully saturated rings. The average Bonchev–Trinajstić information content (AvgIpc) is 2.89. The number of halogens is 2. The molecule has 4 rings (SSSR count). The minimum Gasteiger partial charge on any atom is -0.220 e. The van der Waals surface area contributed by atoms with Crippen LogP contribution < -0.4 is 0 Å². The van der Waals surface area contributed by atoms with E-state index in [9.17, 15) is 0 Å². The SMILES string of the molecule is Cc1cc(/C=C/c2ccc(-c3ccc(/C=C/c4ccc(Cl)c(SOOO)c4)cc3)cc2)ccc1Cl. The summed E-state index contributed by atoms with van der Waals surface area (Å²) < 4.78 is 4.48. The van der Waals surface area contributed by atoms with Crippen molar-refractivity contribution in [3.8, 4) is 11.1 Å². The second-order valence-electron chi connectivity index (χ2n) is 7.84. The molecule has 0 aromatic heterocycles. The van der Waals surface area contributed by atoms with Gasteiger partial charge in [0.15, 0.2) is 0 Å². The summed E-state index contributed by atoms with van der Waals surface area (Å²) in [7, 11) is 0. The molecule has 0 amide bonds. The van der Waals surface area contributed by atoms with Crippen LogP contribution in [-0.4, -0.2) is 5.26 Å². The molecule has 0 heterocycles. The van der Waals surface area contributed by atoms with Gasteiger partial charge >= 0.3 is 0 Å². The summed E-state index contributed by atoms with van der Waals surface area (Å²) in [4.78, 5) is 0.639. The third kappa shape index (κ3) is 7.09. The van der Waals surface area contributed by atoms with Gasteiger partial charge in [0.1, 0.15) is 0 Å². The molecule has 4 aromatic carbocycles. The van der Waals surface area contributed by atoms with Crippen LogP contribution in [0, 0.1) is 6.92 Å². The van der Waals surface area contributed by atoms with Crippen LogP contribution >= 0.6 is 35.2 Å². The van der Waals surface area contributed by atoms with Crippen LogP contribution in [0.25, 0.3) is 35.4 Å². The zero-order valence-corrected chi connectivity index (χ0v) is 21.1. The number of hydrogen-bond donors (Lipinski definition) is 1. The third-order valence-corrected chi connectivity index (χ3v) is 6.89. The van der Waals surface area contributed by atoms with Crippen LogP contribution in [-0.2, 0) is 9.37 Å². The molecular formula is C29H22Cl2O3S. The van der Waals surface area contributed by atoms with Gasteiger partial charge in [-0.1, -0.05) is 119 Å². The second-order valence-corrected chi connectivity index (χ2v) is 9.39. The molecule has 176 valence electrons. The van der Waals surface area contributed by atoms with Crippen molar-refractivity contribution in [3.05, 3.63) is 123 Å². The lowest BCUT2D eigenvalue weighted by Crippen LogP contribution is -1.82. The molecule has 0 radical (unpaired) electrons. The first-order chi connectivity index (χ1) is 17.0. The minimum atomic E-state index is 0.509. The number of benzene rings is 4. The van der Waals surface area contributed by atoms with E-state index in [-0.39, 0.29) is 0 Å². The Bertz CT molecular complexity index is 1350. The molecule has 1 N–H and O–H groups in total. The summed E-state index contributed by atoms with van der Waals surface area (Å²) >= 11 is 13.1. The Labute approximate surface area is 219 Å². The molecule has 0 bridgehead atoms. The molecule has 0 unspecified atom stereocenters. The first-order valence-electron chi connectivity index (χ1n) is 10.8. The fraction of sp³-hybridized carbons (Fsp3) is 0.0345. The first-order valence-corrected chi connectivity index (χ1v) is 12.3. The van der Waals surface area contributed by atoms with E-state index in [4.69, 9.17) is 28.5 Å². The maximum Gasteiger partial charge on any atom is 0.0730 e. The molecule has 3 nitrogen and oxygen atoms in total. The summed E-state index contributed by atoms with van der Waals surface area (Å²) in [5.74, 6) is 0. The van der Waals surface area contributed by atoms with Crippen molar-refractivity contribution in [2.24, 2.45) is 0 Å². The van der Waals surface area contributed by atoms with Crippen LogP contribution in [0.4, 0.5) is 0 Å². The Balaban J connectivity index is 1.41. The molecule has 0 aliphatic carbocycles. The summed E-state index contributed by atoms with van der Waals surface area (Å²) in [6, 6.07) is 28.4. The van der Waals surface area contributed by atoms with Crippen molar-refractivity contribution in [1.82, 2.24) is 0 Å². The monoisotopic (exact) mass is 520 g/mol. The fourth-order valence-electron chi connectivity index (χ4n) is 3.47. The lowest BCUT2D eigenvalue weighted by atomic mass is 10.0. The topological polar surface area (TPSA) is 38.7 Å². The summed E-state index contributed by atoms with van der Waals surface area (Å²) in [6.45, 7) is 2.01. The van der Waals surface area contributed by atoms with E-state index in [0.717, 1.165) is 56.0 Å². The molecule has 0 aliphatic heterocycles. The molecule has 0 saturated heterocycles. The van der Waals surface area contributed by atoms with Crippen molar-refractivity contribution in [3.63, 3.8) is 0 Å². The smallest absolute Gasteiger partial charge is 0.0730 e. The Morgan fingerprint density at radius 3 is 1.60 bits per heavy atom. The highest BCUT2D eigenvalue weighted by Gasteiger charge is 2.04. The van der Waals surface area contributed by atoms with Gasteiger partial charge in [0.2, 0.25) is 0 Å². The van der Waals surface area contributed by atoms with E-state index in [1.54, 1.807) is 6.07 Å². The standard InChI is InChI=1S/C29H22Cl2O3S/c1-20-18-23(10-16-27(20)30)4-2-21-6-12-25(13-7-21)26-14-8-22(9-15-26)3-5-24-11-17-28(31)29(19-24)35-34-33-32/h2-19,32H,1H3/b4-2+,5-3+. The van der Waals surface area contributed by atoms with E-state index in [1.165, 1.54) is 0 Å². The average molecular weight is 521 g/mol. The van der Waals surface area contributed by atoms with E-state index < -0.39 is 0 Å². The highest BCUT2D eigenvalue weighted by atomic mass is 35.5. The molecule has 4 aromatic rings. The molecular weight excluding hydrogens is 499 g/mol. The minimum absolute atomic E-state index is 0.509. The van der Waals surface area contributed by atoms with E-state index in [2.05, 4.69) is 76.1 Å². The molecule has 0 aliphatic rings. The maximum absolute atomic E-state index is 8.33. The van der Waals surface area contributed by atoms with Crippen molar-refractivity contribution in [2.75, 3.05) is 0 Å². The largest absolute Gasteiger partial charge is 0.220 e. The van der Waals surface area contributed by atoms with Gasteiger partial charge in [-0.15, -0.1) is 4.33 Å². The molecule has 6 heteroatoms. The Morgan fingerprint density at radius 2 is 1.09 bits per heavy atom.